The van der Waals surface area contributed by atoms with E-state index < -0.39 is 36.3 Å². The van der Waals surface area contributed by atoms with Crippen molar-refractivity contribution >= 4 is 0 Å². The maximum Gasteiger partial charge on any atom is 0.435 e. The zero-order chi connectivity index (χ0) is 12.6. The molecule has 3 nitrogen and oxygen atoms in total. The molecule has 92 valence electrons. The summed E-state index contributed by atoms with van der Waals surface area (Å²) < 4.78 is 64.5. The first-order chi connectivity index (χ1) is 7.18. The van der Waals surface area contributed by atoms with Crippen molar-refractivity contribution in [3.63, 3.8) is 0 Å². The molecule has 0 bridgehead atoms. The highest BCUT2D eigenvalue weighted by Crippen LogP contribution is 2.39. The Kier molecular flexibility index (Phi) is 3.22. The van der Waals surface area contributed by atoms with Crippen molar-refractivity contribution < 1.29 is 22.0 Å². The molecule has 0 aliphatic heterocycles. The van der Waals surface area contributed by atoms with Crippen molar-refractivity contribution in [2.45, 2.75) is 18.5 Å². The molecule has 0 aliphatic carbocycles. The van der Waals surface area contributed by atoms with E-state index in [1.165, 1.54) is 0 Å². The second kappa shape index (κ2) is 4.00. The predicted molar refractivity (Wildman–Crippen MR) is 45.8 cm³/mol. The maximum absolute atomic E-state index is 13.3. The van der Waals surface area contributed by atoms with Gasteiger partial charge in [-0.25, -0.2) is 8.78 Å². The van der Waals surface area contributed by atoms with Crippen LogP contribution in [0.3, 0.4) is 0 Å². The van der Waals surface area contributed by atoms with E-state index in [0.717, 1.165) is 7.05 Å². The summed E-state index contributed by atoms with van der Waals surface area (Å²) in [6.07, 6.45) is -5.07. The van der Waals surface area contributed by atoms with E-state index in [-0.39, 0.29) is 0 Å². The highest BCUT2D eigenvalue weighted by atomic mass is 19.4. The third-order valence-corrected chi connectivity index (χ3v) is 1.95. The predicted octanol–water partition coefficient (Wildman–Crippen LogP) is 1.88. The number of hydrogen-bond donors (Lipinski definition) is 1. The molecule has 16 heavy (non-hydrogen) atoms. The molecule has 2 N–H and O–H groups in total. The van der Waals surface area contributed by atoms with Gasteiger partial charge in [-0.05, 0) is 6.54 Å². The first-order valence-electron chi connectivity index (χ1n) is 4.37. The van der Waals surface area contributed by atoms with Crippen LogP contribution in [0.4, 0.5) is 22.0 Å². The van der Waals surface area contributed by atoms with Crippen LogP contribution in [0.15, 0.2) is 6.20 Å². The molecule has 0 spiro atoms. The minimum Gasteiger partial charge on any atom is -0.330 e. The Balaban J connectivity index is 3.23. The van der Waals surface area contributed by atoms with Gasteiger partial charge in [-0.3, -0.25) is 4.68 Å². The molecule has 1 aromatic rings. The van der Waals surface area contributed by atoms with Crippen LogP contribution in [0.2, 0.25) is 0 Å². The highest BCUT2D eigenvalue weighted by molar-refractivity contribution is 5.25. The van der Waals surface area contributed by atoms with Gasteiger partial charge in [-0.2, -0.15) is 18.3 Å². The van der Waals surface area contributed by atoms with Crippen molar-refractivity contribution in [3.8, 4) is 0 Å². The Bertz CT molecular complexity index is 368. The van der Waals surface area contributed by atoms with Crippen LogP contribution in [-0.2, 0) is 19.1 Å². The molecule has 0 unspecified atom stereocenters. The van der Waals surface area contributed by atoms with Gasteiger partial charge in [-0.15, -0.1) is 0 Å². The number of alkyl halides is 5. The average molecular weight is 243 g/mol. The second-order valence-electron chi connectivity index (χ2n) is 3.31. The Labute approximate surface area is 88.0 Å². The standard InChI is InChI=1S/C8H10F5N3/c1-16-4-5(7(9,10)2-3-14)6(15-16)8(11,12)13/h4H,2-3,14H2,1H3. The summed E-state index contributed by atoms with van der Waals surface area (Å²) in [7, 11) is 1.15. The molecule has 8 heteroatoms. The van der Waals surface area contributed by atoms with Gasteiger partial charge in [0.05, 0.1) is 5.56 Å². The summed E-state index contributed by atoms with van der Waals surface area (Å²) in [5.74, 6) is -3.62. The molecular formula is C8H10F5N3. The lowest BCUT2D eigenvalue weighted by atomic mass is 10.1. The minimum absolute atomic E-state index is 0.404. The van der Waals surface area contributed by atoms with E-state index in [0.29, 0.717) is 10.9 Å². The SMILES string of the molecule is Cn1cc(C(F)(F)CCN)c(C(F)(F)F)n1. The fourth-order valence-corrected chi connectivity index (χ4v) is 1.28. The first kappa shape index (κ1) is 12.9. The van der Waals surface area contributed by atoms with Crippen molar-refractivity contribution in [1.29, 1.82) is 0 Å². The van der Waals surface area contributed by atoms with Crippen molar-refractivity contribution in [2.24, 2.45) is 12.8 Å². The van der Waals surface area contributed by atoms with Crippen LogP contribution in [-0.4, -0.2) is 16.3 Å². The summed E-state index contributed by atoms with van der Waals surface area (Å²) in [5.41, 5.74) is 2.24. The Morgan fingerprint density at radius 2 is 1.88 bits per heavy atom. The van der Waals surface area contributed by atoms with Crippen LogP contribution < -0.4 is 5.73 Å². The smallest absolute Gasteiger partial charge is 0.330 e. The van der Waals surface area contributed by atoms with Gasteiger partial charge in [0.15, 0.2) is 5.69 Å². The lowest BCUT2D eigenvalue weighted by molar-refractivity contribution is -0.145. The first-order valence-corrected chi connectivity index (χ1v) is 4.37. The van der Waals surface area contributed by atoms with Gasteiger partial charge >= 0.3 is 6.18 Å². The third-order valence-electron chi connectivity index (χ3n) is 1.95. The minimum atomic E-state index is -4.89. The van der Waals surface area contributed by atoms with E-state index in [2.05, 4.69) is 5.10 Å². The number of hydrogen-bond acceptors (Lipinski definition) is 2. The van der Waals surface area contributed by atoms with Gasteiger partial charge < -0.3 is 5.73 Å². The number of nitrogens with zero attached hydrogens (tertiary/aromatic N) is 2. The molecular weight excluding hydrogens is 233 g/mol. The van der Waals surface area contributed by atoms with Crippen LogP contribution >= 0.6 is 0 Å². The van der Waals surface area contributed by atoms with E-state index in [9.17, 15) is 22.0 Å². The van der Waals surface area contributed by atoms with Crippen LogP contribution in [0.1, 0.15) is 17.7 Å². The van der Waals surface area contributed by atoms with Crippen molar-refractivity contribution in [2.75, 3.05) is 6.54 Å². The summed E-state index contributed by atoms with van der Waals surface area (Å²) in [6, 6.07) is 0. The fraction of sp³-hybridized carbons (Fsp3) is 0.625. The van der Waals surface area contributed by atoms with Crippen molar-refractivity contribution in [3.05, 3.63) is 17.5 Å². The summed E-state index contributed by atoms with van der Waals surface area (Å²) in [5, 5.41) is 3.00. The fourth-order valence-electron chi connectivity index (χ4n) is 1.28. The molecule has 0 fully saturated rings. The maximum atomic E-state index is 13.3. The van der Waals surface area contributed by atoms with Gasteiger partial charge in [-0.1, -0.05) is 0 Å². The Morgan fingerprint density at radius 3 is 2.31 bits per heavy atom. The lowest BCUT2D eigenvalue weighted by Crippen LogP contribution is -2.22. The Morgan fingerprint density at radius 1 is 1.31 bits per heavy atom. The summed E-state index contributed by atoms with van der Waals surface area (Å²) in [4.78, 5) is 0. The van der Waals surface area contributed by atoms with Gasteiger partial charge in [0, 0.05) is 19.7 Å². The molecule has 1 rings (SSSR count). The third kappa shape index (κ3) is 2.49. The zero-order valence-electron chi connectivity index (χ0n) is 8.35. The monoisotopic (exact) mass is 243 g/mol. The highest BCUT2D eigenvalue weighted by Gasteiger charge is 2.45. The molecule has 0 saturated heterocycles. The molecule has 0 saturated carbocycles. The van der Waals surface area contributed by atoms with Crippen molar-refractivity contribution in [1.82, 2.24) is 9.78 Å². The summed E-state index contributed by atoms with van der Waals surface area (Å²) in [6.45, 7) is -0.404. The number of aromatic nitrogens is 2. The molecule has 0 radical (unpaired) electrons. The molecule has 0 amide bonds. The normalized spacial score (nSPS) is 13.2. The van der Waals surface area contributed by atoms with E-state index in [4.69, 9.17) is 5.73 Å². The van der Waals surface area contributed by atoms with Gasteiger partial charge in [0.25, 0.3) is 5.92 Å². The van der Waals surface area contributed by atoms with Crippen LogP contribution in [0.5, 0.6) is 0 Å². The van der Waals surface area contributed by atoms with Gasteiger partial charge in [0.1, 0.15) is 0 Å². The molecule has 0 aromatic carbocycles. The topological polar surface area (TPSA) is 43.8 Å². The van der Waals surface area contributed by atoms with Crippen LogP contribution in [0.25, 0.3) is 0 Å². The average Bonchev–Trinajstić information content (AvgIpc) is 2.46. The van der Waals surface area contributed by atoms with E-state index in [1.807, 2.05) is 0 Å². The molecule has 0 atom stereocenters. The number of nitrogens with two attached hydrogens (primary N) is 1. The number of halogens is 5. The largest absolute Gasteiger partial charge is 0.435 e. The van der Waals surface area contributed by atoms with E-state index in [1.54, 1.807) is 0 Å². The molecule has 1 heterocycles. The Hall–Kier alpha value is -1.18. The molecule has 1 aromatic heterocycles. The van der Waals surface area contributed by atoms with E-state index >= 15 is 0 Å². The number of rotatable bonds is 3. The van der Waals surface area contributed by atoms with Crippen LogP contribution in [0, 0.1) is 0 Å². The second-order valence-corrected chi connectivity index (χ2v) is 3.31. The number of aryl methyl sites for hydroxylation is 1. The summed E-state index contributed by atoms with van der Waals surface area (Å²) >= 11 is 0. The quantitative estimate of drug-likeness (QED) is 0.824. The zero-order valence-corrected chi connectivity index (χ0v) is 8.35. The van der Waals surface area contributed by atoms with Gasteiger partial charge in [0.2, 0.25) is 0 Å². The lowest BCUT2D eigenvalue weighted by Gasteiger charge is -2.15. The molecule has 0 aliphatic rings.